The summed E-state index contributed by atoms with van der Waals surface area (Å²) in [4.78, 5) is 12.8. The van der Waals surface area contributed by atoms with Gasteiger partial charge in [-0.05, 0) is 33.2 Å². The summed E-state index contributed by atoms with van der Waals surface area (Å²) in [7, 11) is 0. The highest BCUT2D eigenvalue weighted by molar-refractivity contribution is 5.66. The Balaban J connectivity index is 1.79. The summed E-state index contributed by atoms with van der Waals surface area (Å²) in [6, 6.07) is 0. The quantitative estimate of drug-likeness (QED) is 0.856. The Hall–Kier alpha value is -1.40. The van der Waals surface area contributed by atoms with Gasteiger partial charge in [-0.25, -0.2) is 0 Å². The molecular formula is C14H22N2O4. The molecule has 2 heterocycles. The highest BCUT2D eigenvalue weighted by Crippen LogP contribution is 2.18. The number of likely N-dealkylation sites (tertiary alicyclic amines) is 1. The highest BCUT2D eigenvalue weighted by Gasteiger charge is 2.21. The summed E-state index contributed by atoms with van der Waals surface area (Å²) in [6.07, 6.45) is 2.42. The minimum absolute atomic E-state index is 0.159. The topological polar surface area (TPSA) is 75.8 Å². The fourth-order valence-electron chi connectivity index (χ4n) is 2.52. The van der Waals surface area contributed by atoms with Crippen molar-refractivity contribution in [2.24, 2.45) is 0 Å². The van der Waals surface area contributed by atoms with Gasteiger partial charge in [-0.3, -0.25) is 4.79 Å². The molecule has 20 heavy (non-hydrogen) atoms. The molecule has 0 spiro atoms. The molecule has 1 fully saturated rings. The zero-order valence-corrected chi connectivity index (χ0v) is 12.1. The Morgan fingerprint density at radius 1 is 1.55 bits per heavy atom. The molecule has 0 bridgehead atoms. The molecule has 1 atom stereocenters. The lowest BCUT2D eigenvalue weighted by Gasteiger charge is -2.32. The number of rotatable bonds is 6. The monoisotopic (exact) mass is 282 g/mol. The first kappa shape index (κ1) is 15.0. The van der Waals surface area contributed by atoms with E-state index in [-0.39, 0.29) is 12.5 Å². The van der Waals surface area contributed by atoms with E-state index in [1.54, 1.807) is 0 Å². The number of hydrogen-bond acceptors (Lipinski definition) is 5. The normalized spacial score (nSPS) is 20.2. The fraction of sp³-hybridized carbons (Fsp3) is 0.714. The fourth-order valence-corrected chi connectivity index (χ4v) is 2.52. The molecule has 0 aliphatic carbocycles. The van der Waals surface area contributed by atoms with Crippen molar-refractivity contribution in [2.45, 2.75) is 45.8 Å². The second-order valence-electron chi connectivity index (χ2n) is 5.32. The summed E-state index contributed by atoms with van der Waals surface area (Å²) in [5.41, 5.74) is 1.90. The lowest BCUT2D eigenvalue weighted by molar-refractivity contribution is -0.137. The van der Waals surface area contributed by atoms with Gasteiger partial charge in [0, 0.05) is 18.7 Å². The van der Waals surface area contributed by atoms with Crippen LogP contribution in [-0.2, 0) is 16.1 Å². The molecule has 6 nitrogen and oxygen atoms in total. The maximum atomic E-state index is 10.6. The standard InChI is InChI=1S/C14H22N2O4/c1-10-13(11(2)20-15-10)9-19-12-4-3-6-16(8-12)7-5-14(17)18/h12H,3-9H2,1-2H3,(H,17,18). The molecule has 6 heteroatoms. The molecule has 1 aliphatic rings. The van der Waals surface area contributed by atoms with Crippen molar-refractivity contribution < 1.29 is 19.2 Å². The van der Waals surface area contributed by atoms with E-state index in [0.717, 1.165) is 42.9 Å². The van der Waals surface area contributed by atoms with Gasteiger partial charge in [-0.15, -0.1) is 0 Å². The molecule has 0 radical (unpaired) electrons. The molecule has 2 rings (SSSR count). The minimum atomic E-state index is -0.747. The SMILES string of the molecule is Cc1noc(C)c1COC1CCCN(CCC(=O)O)C1. The first-order valence-electron chi connectivity index (χ1n) is 7.03. The number of aryl methyl sites for hydroxylation is 2. The van der Waals surface area contributed by atoms with Crippen LogP contribution in [0.3, 0.4) is 0 Å². The summed E-state index contributed by atoms with van der Waals surface area (Å²) >= 11 is 0. The third-order valence-corrected chi connectivity index (χ3v) is 3.75. The second kappa shape index (κ2) is 6.85. The van der Waals surface area contributed by atoms with Crippen LogP contribution in [0, 0.1) is 13.8 Å². The van der Waals surface area contributed by atoms with Crippen molar-refractivity contribution in [3.8, 4) is 0 Å². The highest BCUT2D eigenvalue weighted by atomic mass is 16.5. The largest absolute Gasteiger partial charge is 0.481 e. The van der Waals surface area contributed by atoms with Crippen molar-refractivity contribution in [3.63, 3.8) is 0 Å². The molecule has 1 aliphatic heterocycles. The third-order valence-electron chi connectivity index (χ3n) is 3.75. The van der Waals surface area contributed by atoms with Crippen molar-refractivity contribution in [1.82, 2.24) is 10.1 Å². The summed E-state index contributed by atoms with van der Waals surface area (Å²) in [5.74, 6) is 0.0600. The first-order chi connectivity index (χ1) is 9.56. The zero-order valence-electron chi connectivity index (χ0n) is 12.1. The van der Waals surface area contributed by atoms with Gasteiger partial charge in [0.1, 0.15) is 5.76 Å². The van der Waals surface area contributed by atoms with Crippen LogP contribution in [-0.4, -0.2) is 46.9 Å². The third kappa shape index (κ3) is 4.05. The van der Waals surface area contributed by atoms with E-state index < -0.39 is 5.97 Å². The number of carboxylic acids is 1. The van der Waals surface area contributed by atoms with Gasteiger partial charge in [0.05, 0.1) is 24.8 Å². The van der Waals surface area contributed by atoms with E-state index in [2.05, 4.69) is 10.1 Å². The van der Waals surface area contributed by atoms with Crippen molar-refractivity contribution in [1.29, 1.82) is 0 Å². The van der Waals surface area contributed by atoms with Gasteiger partial charge in [0.15, 0.2) is 0 Å². The van der Waals surface area contributed by atoms with E-state index in [1.165, 1.54) is 0 Å². The van der Waals surface area contributed by atoms with E-state index in [0.29, 0.717) is 13.2 Å². The predicted molar refractivity (Wildman–Crippen MR) is 72.5 cm³/mol. The van der Waals surface area contributed by atoms with Crippen LogP contribution in [0.2, 0.25) is 0 Å². The number of piperidine rings is 1. The van der Waals surface area contributed by atoms with Gasteiger partial charge in [-0.1, -0.05) is 5.16 Å². The van der Waals surface area contributed by atoms with Crippen LogP contribution < -0.4 is 0 Å². The average Bonchev–Trinajstić information content (AvgIpc) is 2.74. The van der Waals surface area contributed by atoms with E-state index in [9.17, 15) is 4.79 Å². The average molecular weight is 282 g/mol. The van der Waals surface area contributed by atoms with Crippen LogP contribution in [0.1, 0.15) is 36.3 Å². The lowest BCUT2D eigenvalue weighted by atomic mass is 10.1. The lowest BCUT2D eigenvalue weighted by Crippen LogP contribution is -2.40. The van der Waals surface area contributed by atoms with Crippen LogP contribution in [0.15, 0.2) is 4.52 Å². The number of carbonyl (C=O) groups is 1. The molecular weight excluding hydrogens is 260 g/mol. The van der Waals surface area contributed by atoms with Crippen molar-refractivity contribution in [2.75, 3.05) is 19.6 Å². The Morgan fingerprint density at radius 2 is 2.35 bits per heavy atom. The van der Waals surface area contributed by atoms with Crippen LogP contribution in [0.25, 0.3) is 0 Å². The van der Waals surface area contributed by atoms with E-state index in [1.807, 2.05) is 13.8 Å². The predicted octanol–water partition coefficient (Wildman–Crippen LogP) is 1.75. The Morgan fingerprint density at radius 3 is 3.00 bits per heavy atom. The molecule has 1 aromatic rings. The van der Waals surface area contributed by atoms with Crippen LogP contribution in [0.5, 0.6) is 0 Å². The van der Waals surface area contributed by atoms with E-state index >= 15 is 0 Å². The molecule has 0 amide bonds. The van der Waals surface area contributed by atoms with Crippen LogP contribution in [0.4, 0.5) is 0 Å². The molecule has 0 aromatic carbocycles. The smallest absolute Gasteiger partial charge is 0.304 e. The summed E-state index contributed by atoms with van der Waals surface area (Å²) < 4.78 is 11.1. The summed E-state index contributed by atoms with van der Waals surface area (Å²) in [5, 5.41) is 12.6. The summed E-state index contributed by atoms with van der Waals surface area (Å²) in [6.45, 7) is 6.67. The molecule has 0 saturated carbocycles. The van der Waals surface area contributed by atoms with Crippen molar-refractivity contribution in [3.05, 3.63) is 17.0 Å². The molecule has 1 unspecified atom stereocenters. The number of nitrogens with zero attached hydrogens (tertiary/aromatic N) is 2. The van der Waals surface area contributed by atoms with Gasteiger partial charge in [0.25, 0.3) is 0 Å². The molecule has 1 N–H and O–H groups in total. The Bertz CT molecular complexity index is 439. The Kier molecular flexibility index (Phi) is 5.14. The van der Waals surface area contributed by atoms with Gasteiger partial charge in [-0.2, -0.15) is 0 Å². The molecule has 1 saturated heterocycles. The van der Waals surface area contributed by atoms with E-state index in [4.69, 9.17) is 14.4 Å². The number of hydrogen-bond donors (Lipinski definition) is 1. The minimum Gasteiger partial charge on any atom is -0.481 e. The Labute approximate surface area is 118 Å². The van der Waals surface area contributed by atoms with Crippen molar-refractivity contribution >= 4 is 5.97 Å². The van der Waals surface area contributed by atoms with Gasteiger partial charge >= 0.3 is 5.97 Å². The molecule has 1 aromatic heterocycles. The van der Waals surface area contributed by atoms with Crippen LogP contribution >= 0.6 is 0 Å². The van der Waals surface area contributed by atoms with Gasteiger partial charge < -0.3 is 19.3 Å². The number of ether oxygens (including phenoxy) is 1. The van der Waals surface area contributed by atoms with Gasteiger partial charge in [0.2, 0.25) is 0 Å². The number of aromatic nitrogens is 1. The second-order valence-corrected chi connectivity index (χ2v) is 5.32. The molecule has 112 valence electrons. The maximum absolute atomic E-state index is 10.6. The number of carboxylic acid groups (broad SMARTS) is 1. The zero-order chi connectivity index (χ0) is 14.5. The maximum Gasteiger partial charge on any atom is 0.304 e. The first-order valence-corrected chi connectivity index (χ1v) is 7.03. The number of aliphatic carboxylic acids is 1.